The number of aliphatic hydroxyl groups is 1. The summed E-state index contributed by atoms with van der Waals surface area (Å²) in [5, 5.41) is 8.99. The fourth-order valence-corrected chi connectivity index (χ4v) is 0.872. The average molecular weight is 140 g/mol. The number of benzene rings is 1. The van der Waals surface area contributed by atoms with Gasteiger partial charge in [0.1, 0.15) is 0 Å². The first kappa shape index (κ1) is 6.73. The lowest BCUT2D eigenvalue weighted by Gasteiger charge is -2.00. The Morgan fingerprint density at radius 2 is 1.78 bits per heavy atom. The second kappa shape index (κ2) is 2.95. The molecule has 9 heavy (non-hydrogen) atoms. The largest absolute Gasteiger partial charge is 0.384 e. The van der Waals surface area contributed by atoms with Gasteiger partial charge in [-0.1, -0.05) is 30.3 Å². The molecule has 0 aromatic heterocycles. The van der Waals surface area contributed by atoms with Crippen LogP contribution in [0.5, 0.6) is 0 Å². The molecule has 0 radical (unpaired) electrons. The summed E-state index contributed by atoms with van der Waals surface area (Å²) < 4.78 is 0. The van der Waals surface area contributed by atoms with Crippen LogP contribution in [0.2, 0.25) is 0 Å². The van der Waals surface area contributed by atoms with E-state index in [2.05, 4.69) is 9.24 Å². The third kappa shape index (κ3) is 1.78. The Balaban J connectivity index is 2.85. The van der Waals surface area contributed by atoms with Crippen molar-refractivity contribution in [1.29, 1.82) is 0 Å². The summed E-state index contributed by atoms with van der Waals surface area (Å²) in [5.74, 6) is -0.425. The zero-order valence-electron chi connectivity index (χ0n) is 4.99. The van der Waals surface area contributed by atoms with Crippen LogP contribution in [0.1, 0.15) is 11.4 Å². The van der Waals surface area contributed by atoms with Crippen LogP contribution in [0.15, 0.2) is 30.3 Å². The van der Waals surface area contributed by atoms with Crippen molar-refractivity contribution in [3.05, 3.63) is 35.9 Å². The molecule has 0 heterocycles. The van der Waals surface area contributed by atoms with E-state index in [0.717, 1.165) is 5.56 Å². The van der Waals surface area contributed by atoms with Gasteiger partial charge in [0, 0.05) is 0 Å². The lowest BCUT2D eigenvalue weighted by molar-refractivity contribution is 0.269. The number of hydrogen-bond acceptors (Lipinski definition) is 1. The van der Waals surface area contributed by atoms with Crippen LogP contribution >= 0.6 is 9.24 Å². The summed E-state index contributed by atoms with van der Waals surface area (Å²) in [6.07, 6.45) is 0. The second-order valence-corrected chi connectivity index (χ2v) is 2.49. The molecule has 0 fully saturated rings. The Morgan fingerprint density at radius 1 is 1.22 bits per heavy atom. The first-order chi connectivity index (χ1) is 4.30. The molecule has 1 nitrogen and oxygen atoms in total. The third-order valence-corrected chi connectivity index (χ3v) is 1.53. The Morgan fingerprint density at radius 3 is 2.11 bits per heavy atom. The zero-order chi connectivity index (χ0) is 6.69. The summed E-state index contributed by atoms with van der Waals surface area (Å²) in [5.41, 5.74) is 0.933. The third-order valence-electron chi connectivity index (χ3n) is 1.14. The molecule has 2 atom stereocenters. The van der Waals surface area contributed by atoms with Crippen molar-refractivity contribution in [3.63, 3.8) is 0 Å². The van der Waals surface area contributed by atoms with E-state index in [1.165, 1.54) is 0 Å². The zero-order valence-corrected chi connectivity index (χ0v) is 6.14. The fraction of sp³-hybridized carbons (Fsp3) is 0.143. The molecule has 0 saturated carbocycles. The lowest BCUT2D eigenvalue weighted by Crippen LogP contribution is -1.83. The number of aliphatic hydroxyl groups excluding tert-OH is 1. The highest BCUT2D eigenvalue weighted by molar-refractivity contribution is 7.16. The van der Waals surface area contributed by atoms with Crippen molar-refractivity contribution >= 4 is 9.24 Å². The van der Waals surface area contributed by atoms with E-state index in [0.29, 0.717) is 0 Å². The Kier molecular flexibility index (Phi) is 2.21. The van der Waals surface area contributed by atoms with E-state index < -0.39 is 5.85 Å². The van der Waals surface area contributed by atoms with Crippen molar-refractivity contribution in [2.75, 3.05) is 0 Å². The summed E-state index contributed by atoms with van der Waals surface area (Å²) >= 11 is 0. The smallest absolute Gasteiger partial charge is 0.0921 e. The topological polar surface area (TPSA) is 20.2 Å². The van der Waals surface area contributed by atoms with Crippen molar-refractivity contribution < 1.29 is 5.11 Å². The van der Waals surface area contributed by atoms with Crippen LogP contribution < -0.4 is 0 Å². The van der Waals surface area contributed by atoms with Gasteiger partial charge < -0.3 is 5.11 Å². The van der Waals surface area contributed by atoms with E-state index >= 15 is 0 Å². The van der Waals surface area contributed by atoms with Crippen LogP contribution in [0.25, 0.3) is 0 Å². The SMILES string of the molecule is OC(P)c1ccccc1. The molecule has 48 valence electrons. The van der Waals surface area contributed by atoms with E-state index in [1.807, 2.05) is 30.3 Å². The minimum Gasteiger partial charge on any atom is -0.384 e. The molecular weight excluding hydrogens is 131 g/mol. The van der Waals surface area contributed by atoms with Crippen LogP contribution in [0, 0.1) is 0 Å². The molecule has 0 amide bonds. The standard InChI is InChI=1S/C7H9OP/c8-7(9)6-4-2-1-3-5-6/h1-5,7-8H,9H2. The maximum absolute atomic E-state index is 8.99. The van der Waals surface area contributed by atoms with Gasteiger partial charge in [0.05, 0.1) is 5.85 Å². The molecular formula is C7H9OP. The van der Waals surface area contributed by atoms with Crippen LogP contribution in [0.4, 0.5) is 0 Å². The van der Waals surface area contributed by atoms with Gasteiger partial charge in [0.25, 0.3) is 0 Å². The van der Waals surface area contributed by atoms with Crippen molar-refractivity contribution in [3.8, 4) is 0 Å². The van der Waals surface area contributed by atoms with Gasteiger partial charge in [-0.2, -0.15) is 0 Å². The van der Waals surface area contributed by atoms with Crippen LogP contribution in [-0.4, -0.2) is 5.11 Å². The second-order valence-electron chi connectivity index (χ2n) is 1.86. The van der Waals surface area contributed by atoms with Gasteiger partial charge in [-0.05, 0) is 5.56 Å². The van der Waals surface area contributed by atoms with Crippen molar-refractivity contribution in [1.82, 2.24) is 0 Å². The summed E-state index contributed by atoms with van der Waals surface area (Å²) in [6.45, 7) is 0. The molecule has 0 spiro atoms. The molecule has 2 unspecified atom stereocenters. The molecule has 1 aromatic carbocycles. The molecule has 1 rings (SSSR count). The summed E-state index contributed by atoms with van der Waals surface area (Å²) in [7, 11) is 2.33. The lowest BCUT2D eigenvalue weighted by atomic mass is 10.2. The molecule has 0 aliphatic carbocycles. The number of rotatable bonds is 1. The minimum absolute atomic E-state index is 0.425. The highest BCUT2D eigenvalue weighted by Gasteiger charge is 1.95. The predicted octanol–water partition coefficient (Wildman–Crippen LogP) is 1.55. The van der Waals surface area contributed by atoms with Crippen molar-refractivity contribution in [2.45, 2.75) is 5.85 Å². The minimum atomic E-state index is -0.425. The summed E-state index contributed by atoms with van der Waals surface area (Å²) in [6, 6.07) is 9.51. The first-order valence-electron chi connectivity index (χ1n) is 2.79. The first-order valence-corrected chi connectivity index (χ1v) is 3.46. The normalized spacial score (nSPS) is 13.1. The molecule has 0 aliphatic rings. The Hall–Kier alpha value is -0.390. The number of hydrogen-bond donors (Lipinski definition) is 1. The summed E-state index contributed by atoms with van der Waals surface area (Å²) in [4.78, 5) is 0. The Labute approximate surface area is 56.9 Å². The average Bonchev–Trinajstić information content (AvgIpc) is 1.90. The quantitative estimate of drug-likeness (QED) is 0.587. The molecule has 2 heteroatoms. The van der Waals surface area contributed by atoms with Crippen molar-refractivity contribution in [2.24, 2.45) is 0 Å². The van der Waals surface area contributed by atoms with E-state index in [9.17, 15) is 0 Å². The van der Waals surface area contributed by atoms with Gasteiger partial charge in [-0.3, -0.25) is 0 Å². The van der Waals surface area contributed by atoms with Gasteiger partial charge >= 0.3 is 0 Å². The van der Waals surface area contributed by atoms with Gasteiger partial charge in [-0.25, -0.2) is 0 Å². The molecule has 0 saturated heterocycles. The molecule has 0 aliphatic heterocycles. The van der Waals surface area contributed by atoms with Gasteiger partial charge in [-0.15, -0.1) is 9.24 Å². The molecule has 1 aromatic rings. The maximum atomic E-state index is 8.99. The van der Waals surface area contributed by atoms with Crippen LogP contribution in [-0.2, 0) is 0 Å². The van der Waals surface area contributed by atoms with Gasteiger partial charge in [0.2, 0.25) is 0 Å². The monoisotopic (exact) mass is 140 g/mol. The predicted molar refractivity (Wildman–Crippen MR) is 41.1 cm³/mol. The molecule has 0 bridgehead atoms. The highest BCUT2D eigenvalue weighted by atomic mass is 31.0. The fourth-order valence-electron chi connectivity index (χ4n) is 0.650. The van der Waals surface area contributed by atoms with Crippen LogP contribution in [0.3, 0.4) is 0 Å². The van der Waals surface area contributed by atoms with E-state index in [4.69, 9.17) is 5.11 Å². The molecule has 1 N–H and O–H groups in total. The van der Waals surface area contributed by atoms with E-state index in [1.54, 1.807) is 0 Å². The van der Waals surface area contributed by atoms with Gasteiger partial charge in [0.15, 0.2) is 0 Å². The highest BCUT2D eigenvalue weighted by Crippen LogP contribution is 2.17. The Bertz CT molecular complexity index is 172. The van der Waals surface area contributed by atoms with E-state index in [-0.39, 0.29) is 0 Å². The maximum Gasteiger partial charge on any atom is 0.0921 e.